The Morgan fingerprint density at radius 1 is 1.21 bits per heavy atom. The summed E-state index contributed by atoms with van der Waals surface area (Å²) in [6, 6.07) is 10.9. The molecule has 1 heterocycles. The molecule has 0 aliphatic rings. The lowest BCUT2D eigenvalue weighted by molar-refractivity contribution is 0.102. The summed E-state index contributed by atoms with van der Waals surface area (Å²) in [6.45, 7) is 3.80. The first-order valence-corrected chi connectivity index (χ1v) is 5.92. The van der Waals surface area contributed by atoms with E-state index in [2.05, 4.69) is 15.7 Å². The van der Waals surface area contributed by atoms with Crippen LogP contribution in [0.3, 0.4) is 0 Å². The summed E-state index contributed by atoms with van der Waals surface area (Å²) in [5.41, 5.74) is 5.48. The van der Waals surface area contributed by atoms with Crippen molar-refractivity contribution >= 4 is 17.4 Å². The Labute approximate surface area is 111 Å². The van der Waals surface area contributed by atoms with Gasteiger partial charge in [-0.25, -0.2) is 4.98 Å². The number of pyridine rings is 1. The smallest absolute Gasteiger partial charge is 0.258 e. The van der Waals surface area contributed by atoms with Crippen LogP contribution in [0.2, 0.25) is 0 Å². The SMILES string of the molecule is Cc1ccc(C(=O)Nc2cccc(C)n2)c(NN)c1. The van der Waals surface area contributed by atoms with Crippen LogP contribution in [0.15, 0.2) is 36.4 Å². The van der Waals surface area contributed by atoms with Crippen molar-refractivity contribution in [3.63, 3.8) is 0 Å². The molecular weight excluding hydrogens is 240 g/mol. The Morgan fingerprint density at radius 3 is 2.68 bits per heavy atom. The lowest BCUT2D eigenvalue weighted by Crippen LogP contribution is -2.18. The van der Waals surface area contributed by atoms with E-state index in [4.69, 9.17) is 5.84 Å². The third kappa shape index (κ3) is 3.08. The molecule has 2 rings (SSSR count). The van der Waals surface area contributed by atoms with Gasteiger partial charge in [-0.3, -0.25) is 10.6 Å². The highest BCUT2D eigenvalue weighted by atomic mass is 16.1. The van der Waals surface area contributed by atoms with Gasteiger partial charge in [-0.05, 0) is 43.7 Å². The number of carbonyl (C=O) groups excluding carboxylic acids is 1. The lowest BCUT2D eigenvalue weighted by atomic mass is 10.1. The summed E-state index contributed by atoms with van der Waals surface area (Å²) < 4.78 is 0. The van der Waals surface area contributed by atoms with E-state index < -0.39 is 0 Å². The van der Waals surface area contributed by atoms with Crippen LogP contribution >= 0.6 is 0 Å². The number of hydrogen-bond donors (Lipinski definition) is 3. The summed E-state index contributed by atoms with van der Waals surface area (Å²) in [4.78, 5) is 16.4. The maximum atomic E-state index is 12.2. The number of rotatable bonds is 3. The Bertz CT molecular complexity index is 610. The molecule has 1 aromatic heterocycles. The molecule has 0 radical (unpaired) electrons. The second-order valence-electron chi connectivity index (χ2n) is 4.31. The van der Waals surface area contributed by atoms with E-state index in [1.165, 1.54) is 0 Å². The summed E-state index contributed by atoms with van der Waals surface area (Å²) in [5.74, 6) is 5.71. The minimum absolute atomic E-state index is 0.244. The molecule has 0 aliphatic heterocycles. The predicted molar refractivity (Wildman–Crippen MR) is 75.9 cm³/mol. The van der Waals surface area contributed by atoms with E-state index >= 15 is 0 Å². The number of amides is 1. The van der Waals surface area contributed by atoms with E-state index in [9.17, 15) is 4.79 Å². The van der Waals surface area contributed by atoms with Gasteiger partial charge in [0.25, 0.3) is 5.91 Å². The van der Waals surface area contributed by atoms with Crippen LogP contribution < -0.4 is 16.6 Å². The van der Waals surface area contributed by atoms with Gasteiger partial charge in [0, 0.05) is 5.69 Å². The van der Waals surface area contributed by atoms with E-state index in [1.54, 1.807) is 12.1 Å². The highest BCUT2D eigenvalue weighted by molar-refractivity contribution is 6.07. The third-order valence-electron chi connectivity index (χ3n) is 2.71. The van der Waals surface area contributed by atoms with Crippen molar-refractivity contribution in [1.29, 1.82) is 0 Å². The zero-order valence-electron chi connectivity index (χ0n) is 10.9. The van der Waals surface area contributed by atoms with Gasteiger partial charge < -0.3 is 10.7 Å². The molecule has 5 heteroatoms. The highest BCUT2D eigenvalue weighted by Crippen LogP contribution is 2.18. The highest BCUT2D eigenvalue weighted by Gasteiger charge is 2.11. The second-order valence-corrected chi connectivity index (χ2v) is 4.31. The van der Waals surface area contributed by atoms with E-state index in [0.717, 1.165) is 11.3 Å². The largest absolute Gasteiger partial charge is 0.323 e. The number of nitrogen functional groups attached to an aromatic ring is 1. The van der Waals surface area contributed by atoms with Gasteiger partial charge in [0.2, 0.25) is 0 Å². The van der Waals surface area contributed by atoms with Crippen LogP contribution in [0.4, 0.5) is 11.5 Å². The van der Waals surface area contributed by atoms with Crippen LogP contribution in [0.1, 0.15) is 21.6 Å². The molecule has 0 fully saturated rings. The second kappa shape index (κ2) is 5.49. The van der Waals surface area contributed by atoms with Gasteiger partial charge in [0.05, 0.1) is 11.3 Å². The molecule has 0 saturated carbocycles. The van der Waals surface area contributed by atoms with Crippen LogP contribution in [0.5, 0.6) is 0 Å². The molecule has 0 spiro atoms. The molecule has 0 aliphatic carbocycles. The van der Waals surface area contributed by atoms with Crippen molar-refractivity contribution in [3.05, 3.63) is 53.2 Å². The molecule has 0 atom stereocenters. The molecule has 1 amide bonds. The Morgan fingerprint density at radius 2 is 2.00 bits per heavy atom. The first kappa shape index (κ1) is 13.0. The number of nitrogens with two attached hydrogens (primary N) is 1. The van der Waals surface area contributed by atoms with Crippen LogP contribution in [0.25, 0.3) is 0 Å². The minimum atomic E-state index is -0.244. The maximum absolute atomic E-state index is 12.2. The molecule has 2 aromatic rings. The average Bonchev–Trinajstić information content (AvgIpc) is 2.38. The third-order valence-corrected chi connectivity index (χ3v) is 2.71. The van der Waals surface area contributed by atoms with Crippen molar-refractivity contribution in [2.24, 2.45) is 5.84 Å². The molecule has 4 N–H and O–H groups in total. The molecule has 0 saturated heterocycles. The maximum Gasteiger partial charge on any atom is 0.258 e. The normalized spacial score (nSPS) is 10.1. The lowest BCUT2D eigenvalue weighted by Gasteiger charge is -2.10. The van der Waals surface area contributed by atoms with Crippen molar-refractivity contribution in [1.82, 2.24) is 4.98 Å². The Balaban J connectivity index is 2.25. The Hall–Kier alpha value is -2.40. The number of benzene rings is 1. The topological polar surface area (TPSA) is 80.0 Å². The molecule has 5 nitrogen and oxygen atoms in total. The van der Waals surface area contributed by atoms with Crippen molar-refractivity contribution in [2.75, 3.05) is 10.7 Å². The quantitative estimate of drug-likeness (QED) is 0.581. The number of carbonyl (C=O) groups is 1. The summed E-state index contributed by atoms with van der Waals surface area (Å²) in [7, 11) is 0. The predicted octanol–water partition coefficient (Wildman–Crippen LogP) is 2.24. The van der Waals surface area contributed by atoms with Crippen LogP contribution in [-0.2, 0) is 0 Å². The number of hydrogen-bond acceptors (Lipinski definition) is 4. The number of anilines is 2. The molecule has 0 unspecified atom stereocenters. The zero-order chi connectivity index (χ0) is 13.8. The van der Waals surface area contributed by atoms with E-state index in [0.29, 0.717) is 17.1 Å². The number of hydrazine groups is 1. The fraction of sp³-hybridized carbons (Fsp3) is 0.143. The van der Waals surface area contributed by atoms with Gasteiger partial charge >= 0.3 is 0 Å². The average molecular weight is 256 g/mol. The van der Waals surface area contributed by atoms with E-state index in [-0.39, 0.29) is 5.91 Å². The fourth-order valence-electron chi connectivity index (χ4n) is 1.77. The molecule has 1 aromatic carbocycles. The molecule has 98 valence electrons. The van der Waals surface area contributed by atoms with Gasteiger partial charge in [-0.2, -0.15) is 0 Å². The van der Waals surface area contributed by atoms with Crippen LogP contribution in [0, 0.1) is 13.8 Å². The Kier molecular flexibility index (Phi) is 3.77. The minimum Gasteiger partial charge on any atom is -0.323 e. The van der Waals surface area contributed by atoms with Gasteiger partial charge in [-0.15, -0.1) is 0 Å². The van der Waals surface area contributed by atoms with Gasteiger partial charge in [-0.1, -0.05) is 12.1 Å². The summed E-state index contributed by atoms with van der Waals surface area (Å²) in [5, 5.41) is 2.75. The number of aryl methyl sites for hydroxylation is 2. The van der Waals surface area contributed by atoms with Gasteiger partial charge in [0.1, 0.15) is 5.82 Å². The van der Waals surface area contributed by atoms with Crippen molar-refractivity contribution in [3.8, 4) is 0 Å². The van der Waals surface area contributed by atoms with E-state index in [1.807, 2.05) is 38.1 Å². The summed E-state index contributed by atoms with van der Waals surface area (Å²) in [6.07, 6.45) is 0. The summed E-state index contributed by atoms with van der Waals surface area (Å²) >= 11 is 0. The molecule has 19 heavy (non-hydrogen) atoms. The molecule has 0 bridgehead atoms. The standard InChI is InChI=1S/C14H16N4O/c1-9-6-7-11(12(8-9)18-15)14(19)17-13-5-3-4-10(2)16-13/h3-8,18H,15H2,1-2H3,(H,16,17,19). The van der Waals surface area contributed by atoms with Crippen molar-refractivity contribution < 1.29 is 4.79 Å². The number of nitrogens with one attached hydrogen (secondary N) is 2. The van der Waals surface area contributed by atoms with Crippen molar-refractivity contribution in [2.45, 2.75) is 13.8 Å². The number of nitrogens with zero attached hydrogens (tertiary/aromatic N) is 1. The first-order chi connectivity index (χ1) is 9.10. The monoisotopic (exact) mass is 256 g/mol. The molecular formula is C14H16N4O. The van der Waals surface area contributed by atoms with Gasteiger partial charge in [0.15, 0.2) is 0 Å². The first-order valence-electron chi connectivity index (χ1n) is 5.92. The zero-order valence-corrected chi connectivity index (χ0v) is 10.9. The fourth-order valence-corrected chi connectivity index (χ4v) is 1.77. The van der Waals surface area contributed by atoms with Crippen LogP contribution in [-0.4, -0.2) is 10.9 Å². The number of aromatic nitrogens is 1.